The van der Waals surface area contributed by atoms with E-state index in [9.17, 15) is 4.79 Å². The highest BCUT2D eigenvalue weighted by Gasteiger charge is 2.22. The molecule has 0 aromatic carbocycles. The topological polar surface area (TPSA) is 64.8 Å². The van der Waals surface area contributed by atoms with Gasteiger partial charge in [0.1, 0.15) is 0 Å². The number of amides is 1. The van der Waals surface area contributed by atoms with E-state index in [0.29, 0.717) is 45.9 Å². The maximum atomic E-state index is 11.8. The molecule has 1 aliphatic heterocycles. The van der Waals surface area contributed by atoms with Gasteiger partial charge in [0, 0.05) is 39.3 Å². The van der Waals surface area contributed by atoms with Crippen molar-refractivity contribution >= 4 is 5.91 Å². The van der Waals surface area contributed by atoms with Gasteiger partial charge in [-0.1, -0.05) is 0 Å². The molecule has 1 saturated heterocycles. The van der Waals surface area contributed by atoms with Crippen LogP contribution < -0.4 is 5.73 Å². The van der Waals surface area contributed by atoms with Crippen molar-refractivity contribution in [2.75, 3.05) is 39.5 Å². The zero-order valence-electron chi connectivity index (χ0n) is 9.98. The lowest BCUT2D eigenvalue weighted by atomic mass is 10.2. The second-order valence-electron chi connectivity index (χ2n) is 3.87. The van der Waals surface area contributed by atoms with Crippen molar-refractivity contribution in [2.24, 2.45) is 5.73 Å². The van der Waals surface area contributed by atoms with Crippen molar-refractivity contribution in [3.63, 3.8) is 0 Å². The summed E-state index contributed by atoms with van der Waals surface area (Å²) in [5, 5.41) is 0. The minimum absolute atomic E-state index is 0.00425. The van der Waals surface area contributed by atoms with Crippen LogP contribution in [0.25, 0.3) is 0 Å². The summed E-state index contributed by atoms with van der Waals surface area (Å²) in [4.78, 5) is 13.6. The molecular formula is C11H22N2O3. The maximum absolute atomic E-state index is 11.8. The monoisotopic (exact) mass is 230 g/mol. The number of nitrogens with two attached hydrogens (primary N) is 1. The van der Waals surface area contributed by atoms with Crippen LogP contribution in [-0.2, 0) is 14.3 Å². The van der Waals surface area contributed by atoms with E-state index in [1.54, 1.807) is 0 Å². The van der Waals surface area contributed by atoms with Gasteiger partial charge < -0.3 is 20.1 Å². The molecule has 0 aromatic heterocycles. The number of morpholine rings is 1. The van der Waals surface area contributed by atoms with Gasteiger partial charge in [-0.3, -0.25) is 4.79 Å². The highest BCUT2D eigenvalue weighted by Crippen LogP contribution is 2.07. The minimum atomic E-state index is 0.00425. The summed E-state index contributed by atoms with van der Waals surface area (Å²) >= 11 is 0. The van der Waals surface area contributed by atoms with Gasteiger partial charge in [-0.15, -0.1) is 0 Å². The van der Waals surface area contributed by atoms with Crippen LogP contribution in [0.3, 0.4) is 0 Å². The lowest BCUT2D eigenvalue weighted by molar-refractivity contribution is -0.138. The zero-order valence-corrected chi connectivity index (χ0v) is 9.98. The number of carbonyl (C=O) groups is 1. The number of hydrogen-bond acceptors (Lipinski definition) is 4. The quantitative estimate of drug-likeness (QED) is 0.652. The standard InChI is InChI=1S/C11H22N2O3/c1-2-15-6-3-4-11(14)13-5-7-16-10(8-12)9-13/h10H,2-9,12H2,1H3. The Hall–Kier alpha value is -0.650. The zero-order chi connectivity index (χ0) is 11.8. The van der Waals surface area contributed by atoms with E-state index < -0.39 is 0 Å². The molecule has 0 saturated carbocycles. The Kier molecular flexibility index (Phi) is 6.37. The number of carbonyl (C=O) groups excluding carboxylic acids is 1. The van der Waals surface area contributed by atoms with Crippen LogP contribution in [0, 0.1) is 0 Å². The first-order valence-electron chi connectivity index (χ1n) is 5.95. The van der Waals surface area contributed by atoms with Crippen molar-refractivity contribution in [2.45, 2.75) is 25.9 Å². The average molecular weight is 230 g/mol. The smallest absolute Gasteiger partial charge is 0.222 e. The molecule has 0 spiro atoms. The van der Waals surface area contributed by atoms with Gasteiger partial charge in [-0.25, -0.2) is 0 Å². The third kappa shape index (κ3) is 4.47. The predicted octanol–water partition coefficient (Wildman–Crippen LogP) is -0.0108. The largest absolute Gasteiger partial charge is 0.382 e. The summed E-state index contributed by atoms with van der Waals surface area (Å²) in [6, 6.07) is 0. The first-order chi connectivity index (χ1) is 7.77. The molecule has 1 unspecified atom stereocenters. The molecule has 5 nitrogen and oxygen atoms in total. The Balaban J connectivity index is 2.19. The Morgan fingerprint density at radius 1 is 1.62 bits per heavy atom. The van der Waals surface area contributed by atoms with Crippen LogP contribution in [0.5, 0.6) is 0 Å². The van der Waals surface area contributed by atoms with Gasteiger partial charge in [0.2, 0.25) is 5.91 Å². The molecule has 1 fully saturated rings. The maximum Gasteiger partial charge on any atom is 0.222 e. The van der Waals surface area contributed by atoms with Crippen LogP contribution >= 0.6 is 0 Å². The molecule has 1 aliphatic rings. The molecule has 94 valence electrons. The number of ether oxygens (including phenoxy) is 2. The van der Waals surface area contributed by atoms with E-state index in [1.165, 1.54) is 0 Å². The molecule has 0 bridgehead atoms. The first-order valence-corrected chi connectivity index (χ1v) is 5.95. The summed E-state index contributed by atoms with van der Waals surface area (Å²) < 4.78 is 10.6. The van der Waals surface area contributed by atoms with E-state index in [-0.39, 0.29) is 12.0 Å². The normalized spacial score (nSPS) is 21.1. The Bertz CT molecular complexity index is 211. The van der Waals surface area contributed by atoms with Gasteiger partial charge in [0.05, 0.1) is 12.7 Å². The minimum Gasteiger partial charge on any atom is -0.382 e. The fraction of sp³-hybridized carbons (Fsp3) is 0.909. The van der Waals surface area contributed by atoms with E-state index in [4.69, 9.17) is 15.2 Å². The van der Waals surface area contributed by atoms with Crippen molar-refractivity contribution in [1.29, 1.82) is 0 Å². The molecule has 0 aliphatic carbocycles. The van der Waals surface area contributed by atoms with E-state index in [1.807, 2.05) is 11.8 Å². The number of rotatable bonds is 6. The first kappa shape index (κ1) is 13.4. The van der Waals surface area contributed by atoms with Crippen LogP contribution in [0.2, 0.25) is 0 Å². The summed E-state index contributed by atoms with van der Waals surface area (Å²) in [6.45, 7) is 5.71. The number of hydrogen-bond donors (Lipinski definition) is 1. The highest BCUT2D eigenvalue weighted by molar-refractivity contribution is 5.76. The average Bonchev–Trinajstić information content (AvgIpc) is 2.34. The second kappa shape index (κ2) is 7.60. The van der Waals surface area contributed by atoms with Crippen LogP contribution in [0.4, 0.5) is 0 Å². The Morgan fingerprint density at radius 2 is 2.44 bits per heavy atom. The lowest BCUT2D eigenvalue weighted by Crippen LogP contribution is -2.48. The predicted molar refractivity (Wildman–Crippen MR) is 61.1 cm³/mol. The number of nitrogens with zero attached hydrogens (tertiary/aromatic N) is 1. The van der Waals surface area contributed by atoms with Crippen LogP contribution in [0.15, 0.2) is 0 Å². The third-order valence-corrected chi connectivity index (χ3v) is 2.64. The summed E-state index contributed by atoms with van der Waals surface area (Å²) in [6.07, 6.45) is 1.35. The lowest BCUT2D eigenvalue weighted by Gasteiger charge is -2.32. The molecule has 1 rings (SSSR count). The molecule has 0 aromatic rings. The molecule has 1 amide bonds. The molecule has 16 heavy (non-hydrogen) atoms. The van der Waals surface area contributed by atoms with Gasteiger partial charge in [-0.2, -0.15) is 0 Å². The highest BCUT2D eigenvalue weighted by atomic mass is 16.5. The Labute approximate surface area is 96.9 Å². The third-order valence-electron chi connectivity index (χ3n) is 2.64. The van der Waals surface area contributed by atoms with Crippen LogP contribution in [0.1, 0.15) is 19.8 Å². The van der Waals surface area contributed by atoms with Gasteiger partial charge in [-0.05, 0) is 13.3 Å². The van der Waals surface area contributed by atoms with E-state index in [0.717, 1.165) is 6.42 Å². The van der Waals surface area contributed by atoms with Crippen molar-refractivity contribution in [3.05, 3.63) is 0 Å². The SMILES string of the molecule is CCOCCCC(=O)N1CCOC(CN)C1. The van der Waals surface area contributed by atoms with Crippen molar-refractivity contribution < 1.29 is 14.3 Å². The fourth-order valence-electron chi connectivity index (χ4n) is 1.72. The summed E-state index contributed by atoms with van der Waals surface area (Å²) in [7, 11) is 0. The fourth-order valence-corrected chi connectivity index (χ4v) is 1.72. The van der Waals surface area contributed by atoms with E-state index in [2.05, 4.69) is 0 Å². The van der Waals surface area contributed by atoms with Gasteiger partial charge >= 0.3 is 0 Å². The van der Waals surface area contributed by atoms with Gasteiger partial charge in [0.25, 0.3) is 0 Å². The van der Waals surface area contributed by atoms with Crippen molar-refractivity contribution in [1.82, 2.24) is 4.90 Å². The molecule has 1 atom stereocenters. The van der Waals surface area contributed by atoms with E-state index >= 15 is 0 Å². The summed E-state index contributed by atoms with van der Waals surface area (Å²) in [5.41, 5.74) is 5.52. The molecular weight excluding hydrogens is 208 g/mol. The second-order valence-corrected chi connectivity index (χ2v) is 3.87. The van der Waals surface area contributed by atoms with Gasteiger partial charge in [0.15, 0.2) is 0 Å². The summed E-state index contributed by atoms with van der Waals surface area (Å²) in [5.74, 6) is 0.182. The molecule has 1 heterocycles. The Morgan fingerprint density at radius 3 is 3.12 bits per heavy atom. The molecule has 2 N–H and O–H groups in total. The van der Waals surface area contributed by atoms with Crippen LogP contribution in [-0.4, -0.2) is 56.4 Å². The molecule has 5 heteroatoms. The van der Waals surface area contributed by atoms with Crippen molar-refractivity contribution in [3.8, 4) is 0 Å². The molecule has 0 radical (unpaired) electrons.